The first kappa shape index (κ1) is 15.3. The molecular weight excluding hydrogens is 288 g/mol. The highest BCUT2D eigenvalue weighted by molar-refractivity contribution is 7.07. The lowest BCUT2D eigenvalue weighted by molar-refractivity contribution is 0.175. The summed E-state index contributed by atoms with van der Waals surface area (Å²) >= 11 is 1.51. The Morgan fingerprint density at radius 1 is 1.33 bits per heavy atom. The van der Waals surface area contributed by atoms with Gasteiger partial charge < -0.3 is 20.5 Å². The summed E-state index contributed by atoms with van der Waals surface area (Å²) in [5.74, 6) is 0.760. The van der Waals surface area contributed by atoms with E-state index in [1.807, 2.05) is 23.8 Å². The minimum Gasteiger partial charge on any atom is -0.494 e. The molecule has 0 aliphatic rings. The van der Waals surface area contributed by atoms with Crippen LogP contribution in [-0.2, 0) is 0 Å². The number of ether oxygens (including phenoxy) is 1. The highest BCUT2D eigenvalue weighted by Gasteiger charge is 2.09. The van der Waals surface area contributed by atoms with Crippen molar-refractivity contribution < 1.29 is 14.6 Å². The molecule has 1 heterocycles. The third-order valence-corrected chi connectivity index (χ3v) is 3.51. The molecule has 2 aromatic rings. The number of hydrogen-bond acceptors (Lipinski definition) is 4. The topological polar surface area (TPSA) is 70.6 Å². The molecule has 3 N–H and O–H groups in total. The van der Waals surface area contributed by atoms with E-state index in [0.29, 0.717) is 12.3 Å². The molecule has 6 heteroatoms. The summed E-state index contributed by atoms with van der Waals surface area (Å²) in [5, 5.41) is 18.9. The molecule has 1 atom stereocenters. The monoisotopic (exact) mass is 306 g/mol. The first-order valence-electron chi connectivity index (χ1n) is 6.67. The van der Waals surface area contributed by atoms with Crippen LogP contribution in [0.15, 0.2) is 41.1 Å². The predicted molar refractivity (Wildman–Crippen MR) is 83.9 cm³/mol. The first-order chi connectivity index (χ1) is 10.2. The van der Waals surface area contributed by atoms with Gasteiger partial charge in [-0.2, -0.15) is 11.3 Å². The van der Waals surface area contributed by atoms with E-state index in [1.165, 1.54) is 11.3 Å². The van der Waals surface area contributed by atoms with Crippen molar-refractivity contribution in [3.05, 3.63) is 46.7 Å². The SMILES string of the molecule is CCOc1ccc(NC(=O)NCC(O)c2ccsc2)cc1. The van der Waals surface area contributed by atoms with Gasteiger partial charge in [0.15, 0.2) is 0 Å². The maximum absolute atomic E-state index is 11.7. The summed E-state index contributed by atoms with van der Waals surface area (Å²) in [4.78, 5) is 11.7. The number of aliphatic hydroxyl groups is 1. The second-order valence-corrected chi connectivity index (χ2v) is 5.14. The number of nitrogens with one attached hydrogen (secondary N) is 2. The summed E-state index contributed by atoms with van der Waals surface area (Å²) in [7, 11) is 0. The Balaban J connectivity index is 1.78. The van der Waals surface area contributed by atoms with Crippen LogP contribution in [0, 0.1) is 0 Å². The second kappa shape index (κ2) is 7.66. The number of amides is 2. The molecule has 0 bridgehead atoms. The Bertz CT molecular complexity index is 555. The molecule has 0 fully saturated rings. The van der Waals surface area contributed by atoms with Crippen molar-refractivity contribution in [2.24, 2.45) is 0 Å². The molecule has 1 aromatic heterocycles. The van der Waals surface area contributed by atoms with Gasteiger partial charge in [0.2, 0.25) is 0 Å². The molecule has 2 amide bonds. The zero-order valence-electron chi connectivity index (χ0n) is 11.7. The van der Waals surface area contributed by atoms with Crippen molar-refractivity contribution in [3.63, 3.8) is 0 Å². The normalized spacial score (nSPS) is 11.7. The van der Waals surface area contributed by atoms with Gasteiger partial charge in [-0.1, -0.05) is 0 Å². The van der Waals surface area contributed by atoms with Crippen LogP contribution in [-0.4, -0.2) is 24.3 Å². The highest BCUT2D eigenvalue weighted by Crippen LogP contribution is 2.16. The van der Waals surface area contributed by atoms with Gasteiger partial charge in [-0.3, -0.25) is 0 Å². The maximum atomic E-state index is 11.7. The molecule has 0 saturated heterocycles. The number of carbonyl (C=O) groups excluding carboxylic acids is 1. The smallest absolute Gasteiger partial charge is 0.319 e. The summed E-state index contributed by atoms with van der Waals surface area (Å²) in [6, 6.07) is 8.59. The van der Waals surface area contributed by atoms with Crippen molar-refractivity contribution in [1.82, 2.24) is 5.32 Å². The van der Waals surface area contributed by atoms with Crippen LogP contribution in [0.1, 0.15) is 18.6 Å². The van der Waals surface area contributed by atoms with Crippen LogP contribution in [0.2, 0.25) is 0 Å². The predicted octanol–water partition coefficient (Wildman–Crippen LogP) is 3.00. The van der Waals surface area contributed by atoms with E-state index < -0.39 is 6.10 Å². The molecule has 2 rings (SSSR count). The van der Waals surface area contributed by atoms with Crippen molar-refractivity contribution >= 4 is 23.1 Å². The summed E-state index contributed by atoms with van der Waals surface area (Å²) in [6.45, 7) is 2.69. The zero-order chi connectivity index (χ0) is 15.1. The highest BCUT2D eigenvalue weighted by atomic mass is 32.1. The van der Waals surface area contributed by atoms with Crippen LogP contribution in [0.25, 0.3) is 0 Å². The molecule has 0 saturated carbocycles. The van der Waals surface area contributed by atoms with E-state index in [-0.39, 0.29) is 12.6 Å². The van der Waals surface area contributed by atoms with Gasteiger partial charge in [0.25, 0.3) is 0 Å². The Kier molecular flexibility index (Phi) is 5.59. The van der Waals surface area contributed by atoms with Gasteiger partial charge in [0.05, 0.1) is 12.7 Å². The lowest BCUT2D eigenvalue weighted by Crippen LogP contribution is -2.32. The fourth-order valence-corrected chi connectivity index (χ4v) is 2.46. The van der Waals surface area contributed by atoms with E-state index >= 15 is 0 Å². The van der Waals surface area contributed by atoms with E-state index in [9.17, 15) is 9.90 Å². The molecule has 21 heavy (non-hydrogen) atoms. The van der Waals surface area contributed by atoms with Crippen molar-refractivity contribution in [2.45, 2.75) is 13.0 Å². The van der Waals surface area contributed by atoms with Crippen LogP contribution >= 0.6 is 11.3 Å². The van der Waals surface area contributed by atoms with Gasteiger partial charge in [-0.15, -0.1) is 0 Å². The number of thiophene rings is 1. The first-order valence-corrected chi connectivity index (χ1v) is 7.61. The number of hydrogen-bond donors (Lipinski definition) is 3. The number of aliphatic hydroxyl groups excluding tert-OH is 1. The number of anilines is 1. The molecular formula is C15H18N2O3S. The van der Waals surface area contributed by atoms with Crippen LogP contribution in [0.4, 0.5) is 10.5 Å². The van der Waals surface area contributed by atoms with Gasteiger partial charge in [-0.25, -0.2) is 4.79 Å². The molecule has 112 valence electrons. The number of carbonyl (C=O) groups is 1. The van der Waals surface area contributed by atoms with Gasteiger partial charge >= 0.3 is 6.03 Å². The summed E-state index contributed by atoms with van der Waals surface area (Å²) < 4.78 is 5.33. The fraction of sp³-hybridized carbons (Fsp3) is 0.267. The Morgan fingerprint density at radius 2 is 2.10 bits per heavy atom. The minimum atomic E-state index is -0.692. The molecule has 0 spiro atoms. The van der Waals surface area contributed by atoms with Gasteiger partial charge in [0, 0.05) is 12.2 Å². The fourth-order valence-electron chi connectivity index (χ4n) is 1.75. The average Bonchev–Trinajstić information content (AvgIpc) is 3.01. The van der Waals surface area contributed by atoms with Crippen LogP contribution < -0.4 is 15.4 Å². The minimum absolute atomic E-state index is 0.166. The van der Waals surface area contributed by atoms with E-state index in [4.69, 9.17) is 4.74 Å². The third-order valence-electron chi connectivity index (χ3n) is 2.81. The number of benzene rings is 1. The summed E-state index contributed by atoms with van der Waals surface area (Å²) in [5.41, 5.74) is 1.47. The number of rotatable bonds is 6. The maximum Gasteiger partial charge on any atom is 0.319 e. The standard InChI is InChI=1S/C15H18N2O3S/c1-2-20-13-5-3-12(4-6-13)17-15(19)16-9-14(18)11-7-8-21-10-11/h3-8,10,14,18H,2,9H2,1H3,(H2,16,17,19). The van der Waals surface area contributed by atoms with Crippen molar-refractivity contribution in [2.75, 3.05) is 18.5 Å². The molecule has 0 aliphatic carbocycles. The Morgan fingerprint density at radius 3 is 2.71 bits per heavy atom. The lowest BCUT2D eigenvalue weighted by atomic mass is 10.2. The molecule has 5 nitrogen and oxygen atoms in total. The third kappa shape index (κ3) is 4.77. The van der Waals surface area contributed by atoms with E-state index in [2.05, 4.69) is 10.6 Å². The average molecular weight is 306 g/mol. The van der Waals surface area contributed by atoms with Crippen molar-refractivity contribution in [3.8, 4) is 5.75 Å². The van der Waals surface area contributed by atoms with Crippen LogP contribution in [0.3, 0.4) is 0 Å². The van der Waals surface area contributed by atoms with Crippen LogP contribution in [0.5, 0.6) is 5.75 Å². The molecule has 0 radical (unpaired) electrons. The zero-order valence-corrected chi connectivity index (χ0v) is 12.5. The summed E-state index contributed by atoms with van der Waals surface area (Å²) in [6.07, 6.45) is -0.692. The Labute approximate surface area is 127 Å². The Hall–Kier alpha value is -2.05. The van der Waals surface area contributed by atoms with E-state index in [0.717, 1.165) is 11.3 Å². The quantitative estimate of drug-likeness (QED) is 0.768. The lowest BCUT2D eigenvalue weighted by Gasteiger charge is -2.12. The largest absolute Gasteiger partial charge is 0.494 e. The van der Waals surface area contributed by atoms with E-state index in [1.54, 1.807) is 24.3 Å². The molecule has 1 aromatic carbocycles. The second-order valence-electron chi connectivity index (χ2n) is 4.36. The van der Waals surface area contributed by atoms with Crippen molar-refractivity contribution in [1.29, 1.82) is 0 Å². The number of urea groups is 1. The molecule has 1 unspecified atom stereocenters. The molecule has 0 aliphatic heterocycles. The van der Waals surface area contributed by atoms with Gasteiger partial charge in [-0.05, 0) is 53.6 Å². The van der Waals surface area contributed by atoms with Gasteiger partial charge in [0.1, 0.15) is 5.75 Å².